The molecule has 0 unspecified atom stereocenters. The number of carbonyl (C=O) groups is 1. The van der Waals surface area contributed by atoms with Crippen molar-refractivity contribution in [3.05, 3.63) is 52.9 Å². The van der Waals surface area contributed by atoms with Crippen molar-refractivity contribution in [3.8, 4) is 9.27 Å². The Morgan fingerprint density at radius 3 is 2.78 bits per heavy atom. The Bertz CT molecular complexity index is 1470. The van der Waals surface area contributed by atoms with Gasteiger partial charge >= 0.3 is 216 Å². The summed E-state index contributed by atoms with van der Waals surface area (Å²) in [4.78, 5) is 23.3. The normalized spacial score (nSPS) is 15.6. The van der Waals surface area contributed by atoms with Crippen molar-refractivity contribution < 1.29 is 14.5 Å². The van der Waals surface area contributed by atoms with Crippen LogP contribution in [0.2, 0.25) is 0 Å². The zero-order valence-corrected chi connectivity index (χ0v) is 23.4. The molecule has 6 heteroatoms. The van der Waals surface area contributed by atoms with Crippen LogP contribution in [-0.2, 0) is 22.4 Å². The number of nitrogens with zero attached hydrogens (tertiary/aromatic N) is 2. The summed E-state index contributed by atoms with van der Waals surface area (Å²) < 4.78 is 8.08. The molecule has 2 aromatic rings. The molecule has 186 valence electrons. The summed E-state index contributed by atoms with van der Waals surface area (Å²) in [6.45, 7) is 5.66. The van der Waals surface area contributed by atoms with E-state index in [4.69, 9.17) is 9.72 Å². The topological polar surface area (TPSA) is 56.4 Å². The van der Waals surface area contributed by atoms with Crippen molar-refractivity contribution in [2.75, 3.05) is 31.1 Å². The summed E-state index contributed by atoms with van der Waals surface area (Å²) in [5.74, 6) is -0.0803. The molecule has 0 spiro atoms. The predicted octanol–water partition coefficient (Wildman–Crippen LogP) is 3.35. The summed E-state index contributed by atoms with van der Waals surface area (Å²) in [6.07, 6.45) is 8.41. The second-order valence-electron chi connectivity index (χ2n) is 9.98. The fourth-order valence-corrected chi connectivity index (χ4v) is 9.31. The van der Waals surface area contributed by atoms with Crippen molar-refractivity contribution in [3.63, 3.8) is 0 Å². The van der Waals surface area contributed by atoms with E-state index in [1.165, 1.54) is 75.3 Å². The number of hydrogen-bond donors (Lipinski definition) is 1. The molecule has 6 rings (SSSR count). The number of aryl methyl sites for hydroxylation is 2. The van der Waals surface area contributed by atoms with Crippen LogP contribution >= 0.6 is 0 Å². The van der Waals surface area contributed by atoms with Gasteiger partial charge in [0, 0.05) is 0 Å². The molecule has 0 amide bonds. The third kappa shape index (κ3) is 4.55. The Balaban J connectivity index is 1.38. The van der Waals surface area contributed by atoms with Crippen molar-refractivity contribution in [2.24, 2.45) is 0 Å². The van der Waals surface area contributed by atoms with Crippen LogP contribution < -0.4 is 15.2 Å². The molecule has 0 aromatic heterocycles. The number of hydrogen-bond acceptors (Lipinski definition) is 4. The number of anilines is 1. The average molecular weight is 596 g/mol. The van der Waals surface area contributed by atoms with Crippen LogP contribution in [-0.4, -0.2) is 57.6 Å². The van der Waals surface area contributed by atoms with E-state index in [-0.39, 0.29) is 5.97 Å². The van der Waals surface area contributed by atoms with Crippen molar-refractivity contribution >= 4 is 51.8 Å². The van der Waals surface area contributed by atoms with E-state index in [0.717, 1.165) is 25.8 Å². The third-order valence-electron chi connectivity index (χ3n) is 7.56. The molecule has 3 heterocycles. The number of aromatic nitrogens is 1. The van der Waals surface area contributed by atoms with Crippen LogP contribution in [0.4, 0.5) is 5.69 Å². The minimum absolute atomic E-state index is 0.0803. The fraction of sp³-hybridized carbons (Fsp3) is 0.433. The number of benzene rings is 3. The van der Waals surface area contributed by atoms with Gasteiger partial charge in [-0.3, -0.25) is 0 Å². The van der Waals surface area contributed by atoms with Gasteiger partial charge in [0.15, 0.2) is 0 Å². The first-order valence-electron chi connectivity index (χ1n) is 13.5. The Morgan fingerprint density at radius 1 is 1.08 bits per heavy atom. The molecule has 0 bridgehead atoms. The molecule has 2 aromatic carbocycles. The van der Waals surface area contributed by atoms with E-state index in [0.29, 0.717) is 13.0 Å². The van der Waals surface area contributed by atoms with Gasteiger partial charge in [-0.1, -0.05) is 0 Å². The molecule has 0 saturated heterocycles. The number of ether oxygens (including phenoxy) is 1. The first-order valence-corrected chi connectivity index (χ1v) is 15.8. The van der Waals surface area contributed by atoms with E-state index in [2.05, 4.69) is 46.3 Å². The second kappa shape index (κ2) is 10.5. The molecule has 0 atom stereocenters. The fourth-order valence-electron chi connectivity index (χ4n) is 5.94. The summed E-state index contributed by atoms with van der Waals surface area (Å²) >= 11 is -0.524. The molecule has 0 saturated carbocycles. The van der Waals surface area contributed by atoms with Crippen molar-refractivity contribution in [2.45, 2.75) is 58.3 Å². The van der Waals surface area contributed by atoms with Gasteiger partial charge in [0.05, 0.1) is 0 Å². The quantitative estimate of drug-likeness (QED) is 0.117. The molecule has 1 aliphatic carbocycles. The first kappa shape index (κ1) is 23.9. The van der Waals surface area contributed by atoms with Gasteiger partial charge in [0.2, 0.25) is 0 Å². The number of fused-ring (bicyclic) bond motifs is 5. The van der Waals surface area contributed by atoms with Gasteiger partial charge in [-0.15, -0.1) is 0 Å². The number of rotatable bonds is 7. The molecule has 36 heavy (non-hydrogen) atoms. The average Bonchev–Trinajstić information content (AvgIpc) is 2.90. The molecule has 1 N–H and O–H groups in total. The Labute approximate surface area is 222 Å². The van der Waals surface area contributed by atoms with Gasteiger partial charge in [-0.2, -0.15) is 0 Å². The van der Waals surface area contributed by atoms with Crippen LogP contribution in [0.5, 0.6) is 0 Å². The zero-order valence-electron chi connectivity index (χ0n) is 21.1. The monoisotopic (exact) mass is 598 g/mol. The maximum atomic E-state index is 11.6. The van der Waals surface area contributed by atoms with Crippen LogP contribution in [0.15, 0.2) is 36.4 Å². The van der Waals surface area contributed by atoms with Gasteiger partial charge in [-0.05, 0) is 6.92 Å². The van der Waals surface area contributed by atoms with Crippen molar-refractivity contribution in [1.29, 1.82) is 0 Å². The van der Waals surface area contributed by atoms with Crippen molar-refractivity contribution in [1.82, 2.24) is 4.98 Å². The molecular formula is C30H34N3O2Te+. The van der Waals surface area contributed by atoms with E-state index in [9.17, 15) is 4.79 Å². The van der Waals surface area contributed by atoms with E-state index >= 15 is 0 Å². The Hall–Kier alpha value is -2.42. The molecule has 3 aliphatic heterocycles. The Morgan fingerprint density at radius 2 is 1.92 bits per heavy atom. The zero-order chi connectivity index (χ0) is 24.5. The van der Waals surface area contributed by atoms with Gasteiger partial charge in [0.1, 0.15) is 0 Å². The molecule has 0 fully saturated rings. The summed E-state index contributed by atoms with van der Waals surface area (Å²) in [5.41, 5.74) is 7.18. The standard InChI is InChI=1S/C30H33N3O2Te/c1-2-35-27(34)14-4-3-7-15-31-24-19-26-28(22-12-6-5-11-21(22)24)32-25-18-20-10-8-16-33-17-9-13-23(29(20)33)30(25)36-26/h5-6,11-12,18-19H,2-4,7-10,13-17H2,1H3/p+1. The third-order valence-corrected chi connectivity index (χ3v) is 11.0. The van der Waals surface area contributed by atoms with E-state index < -0.39 is 20.4 Å². The minimum atomic E-state index is -0.524. The number of nitrogens with one attached hydrogen (secondary N) is 1. The van der Waals surface area contributed by atoms with Crippen LogP contribution in [0.3, 0.4) is 0 Å². The molecular weight excluding hydrogens is 562 g/mol. The van der Waals surface area contributed by atoms with Crippen LogP contribution in [0.1, 0.15) is 56.6 Å². The SMILES string of the molecule is CCOC(=O)CCCCC[NH+]=c1cc2[te]c3c4c5c(cc3nc-2c2ccccc12)CCCN5CCC4. The number of esters is 1. The van der Waals surface area contributed by atoms with Gasteiger partial charge in [-0.25, -0.2) is 0 Å². The molecule has 0 radical (unpaired) electrons. The molecule has 4 aliphatic rings. The van der Waals surface area contributed by atoms with Crippen LogP contribution in [0.25, 0.3) is 29.0 Å². The first-order chi connectivity index (χ1) is 17.7. The predicted molar refractivity (Wildman–Crippen MR) is 146 cm³/mol. The Kier molecular flexibility index (Phi) is 7.00. The van der Waals surface area contributed by atoms with Gasteiger partial charge < -0.3 is 0 Å². The maximum absolute atomic E-state index is 11.6. The summed E-state index contributed by atoms with van der Waals surface area (Å²) in [7, 11) is 0. The molecule has 5 nitrogen and oxygen atoms in total. The van der Waals surface area contributed by atoms with Gasteiger partial charge in [0.25, 0.3) is 0 Å². The summed E-state index contributed by atoms with van der Waals surface area (Å²) in [6, 6.07) is 13.6. The summed E-state index contributed by atoms with van der Waals surface area (Å²) in [5, 5.41) is 3.75. The van der Waals surface area contributed by atoms with Crippen LogP contribution in [0, 0.1) is 0 Å². The van der Waals surface area contributed by atoms with E-state index in [1.807, 2.05) is 6.92 Å². The van der Waals surface area contributed by atoms with E-state index in [1.54, 1.807) is 14.7 Å². The second-order valence-corrected chi connectivity index (χ2v) is 13.0. The number of carbonyl (C=O) groups excluding carboxylic acids is 1. The number of unbranched alkanes of at least 4 members (excludes halogenated alkanes) is 2.